The first-order chi connectivity index (χ1) is 13.9. The molecule has 0 unspecified atom stereocenters. The van der Waals surface area contributed by atoms with Gasteiger partial charge in [-0.15, -0.1) is 0 Å². The first-order valence-corrected chi connectivity index (χ1v) is 8.82. The predicted octanol–water partition coefficient (Wildman–Crippen LogP) is 5.19. The van der Waals surface area contributed by atoms with Crippen LogP contribution in [0.2, 0.25) is 0 Å². The van der Waals surface area contributed by atoms with Crippen LogP contribution in [0.15, 0.2) is 89.1 Å². The summed E-state index contributed by atoms with van der Waals surface area (Å²) in [4.78, 5) is 18.8. The summed E-state index contributed by atoms with van der Waals surface area (Å²) in [5.74, 6) is -0.687. The van der Waals surface area contributed by atoms with Crippen molar-refractivity contribution in [1.29, 1.82) is 0 Å². The molecule has 0 saturated heterocycles. The number of nitrogens with zero attached hydrogens (tertiary/aromatic N) is 2. The van der Waals surface area contributed by atoms with E-state index in [9.17, 15) is 23.1 Å². The van der Waals surface area contributed by atoms with Gasteiger partial charge in [-0.05, 0) is 36.8 Å². The summed E-state index contributed by atoms with van der Waals surface area (Å²) in [5.41, 5.74) is 0.238. The van der Waals surface area contributed by atoms with Crippen LogP contribution in [0.1, 0.15) is 12.0 Å². The van der Waals surface area contributed by atoms with E-state index in [1.807, 2.05) is 0 Å². The van der Waals surface area contributed by atoms with E-state index >= 15 is 0 Å². The Kier molecular flexibility index (Phi) is 4.58. The molecule has 1 aliphatic carbocycles. The monoisotopic (exact) mass is 396 g/mol. The highest BCUT2D eigenvalue weighted by atomic mass is 19.4. The summed E-state index contributed by atoms with van der Waals surface area (Å²) in [5, 5.41) is 10.4. The van der Waals surface area contributed by atoms with Crippen molar-refractivity contribution in [2.75, 3.05) is 4.90 Å². The fourth-order valence-electron chi connectivity index (χ4n) is 3.25. The van der Waals surface area contributed by atoms with Crippen molar-refractivity contribution in [1.82, 2.24) is 0 Å². The second-order valence-electron chi connectivity index (χ2n) is 6.47. The summed E-state index contributed by atoms with van der Waals surface area (Å²) in [7, 11) is 0. The number of allylic oxidation sites excluding steroid dienone is 5. The van der Waals surface area contributed by atoms with Crippen LogP contribution in [0.3, 0.4) is 0 Å². The first-order valence-electron chi connectivity index (χ1n) is 8.82. The molecule has 2 aromatic rings. The van der Waals surface area contributed by atoms with Gasteiger partial charge in [0.05, 0.1) is 22.5 Å². The Morgan fingerprint density at radius 2 is 1.79 bits per heavy atom. The molecule has 146 valence electrons. The molecule has 4 nitrogen and oxygen atoms in total. The molecule has 2 aromatic carbocycles. The summed E-state index contributed by atoms with van der Waals surface area (Å²) < 4.78 is 39.5. The lowest BCUT2D eigenvalue weighted by molar-refractivity contribution is -0.111. The summed E-state index contributed by atoms with van der Waals surface area (Å²) in [6, 6.07) is 13.4. The molecule has 1 heterocycles. The number of benzene rings is 2. The fourth-order valence-corrected chi connectivity index (χ4v) is 3.25. The number of para-hydroxylation sites is 1. The molecular weight excluding hydrogens is 381 g/mol. The summed E-state index contributed by atoms with van der Waals surface area (Å²) in [6.07, 6.45) is 0.476. The lowest BCUT2D eigenvalue weighted by atomic mass is 10.1. The van der Waals surface area contributed by atoms with Gasteiger partial charge in [0.25, 0.3) is 5.91 Å². The number of aromatic hydroxyl groups is 1. The van der Waals surface area contributed by atoms with Gasteiger partial charge in [-0.25, -0.2) is 4.99 Å². The van der Waals surface area contributed by atoms with Crippen LogP contribution >= 0.6 is 0 Å². The molecular formula is C22H15F3N2O2. The maximum Gasteiger partial charge on any atom is 0.416 e. The summed E-state index contributed by atoms with van der Waals surface area (Å²) in [6.45, 7) is 0. The Hall–Kier alpha value is -3.61. The lowest BCUT2D eigenvalue weighted by Gasteiger charge is -2.16. The van der Waals surface area contributed by atoms with Crippen molar-refractivity contribution >= 4 is 23.0 Å². The molecule has 2 aliphatic rings. The number of hydrogen-bond donors (Lipinski definition) is 1. The van der Waals surface area contributed by atoms with Crippen LogP contribution in [0.5, 0.6) is 5.75 Å². The van der Waals surface area contributed by atoms with Crippen LogP contribution < -0.4 is 4.90 Å². The minimum atomic E-state index is -4.53. The zero-order valence-electron chi connectivity index (χ0n) is 15.0. The molecule has 29 heavy (non-hydrogen) atoms. The van der Waals surface area contributed by atoms with Gasteiger partial charge in [0.2, 0.25) is 0 Å². The number of aliphatic imine (C=N–C) groups is 1. The number of phenolic OH excluding ortho intramolecular Hbond substituents is 1. The topological polar surface area (TPSA) is 52.9 Å². The number of halogens is 3. The minimum absolute atomic E-state index is 0.00906. The average molecular weight is 396 g/mol. The molecule has 0 fully saturated rings. The Balaban J connectivity index is 1.85. The Bertz CT molecular complexity index is 1100. The quantitative estimate of drug-likeness (QED) is 0.759. The van der Waals surface area contributed by atoms with Gasteiger partial charge in [0.15, 0.2) is 0 Å². The summed E-state index contributed by atoms with van der Waals surface area (Å²) >= 11 is 0. The zero-order chi connectivity index (χ0) is 20.6. The highest BCUT2D eigenvalue weighted by Crippen LogP contribution is 2.40. The van der Waals surface area contributed by atoms with Crippen LogP contribution in [-0.4, -0.2) is 22.9 Å². The molecule has 0 saturated carbocycles. The highest BCUT2D eigenvalue weighted by molar-refractivity contribution is 6.56. The average Bonchev–Trinajstić information content (AvgIpc) is 2.83. The molecule has 0 radical (unpaired) electrons. The van der Waals surface area contributed by atoms with Gasteiger partial charge in [0.1, 0.15) is 11.5 Å². The van der Waals surface area contributed by atoms with E-state index in [0.717, 1.165) is 12.2 Å². The molecule has 0 atom stereocenters. The molecule has 1 aliphatic heterocycles. The van der Waals surface area contributed by atoms with Gasteiger partial charge < -0.3 is 5.11 Å². The number of hydrogen-bond acceptors (Lipinski definition) is 3. The van der Waals surface area contributed by atoms with E-state index in [1.54, 1.807) is 42.5 Å². The number of fused-ring (bicyclic) bond motifs is 1. The molecule has 0 bridgehead atoms. The maximum atomic E-state index is 13.2. The van der Waals surface area contributed by atoms with Gasteiger partial charge in [-0.2, -0.15) is 13.2 Å². The predicted molar refractivity (Wildman–Crippen MR) is 104 cm³/mol. The Morgan fingerprint density at radius 3 is 2.52 bits per heavy atom. The number of anilines is 2. The molecule has 7 heteroatoms. The first kappa shape index (κ1) is 18.7. The maximum absolute atomic E-state index is 13.2. The molecule has 0 aromatic heterocycles. The van der Waals surface area contributed by atoms with Gasteiger partial charge in [-0.3, -0.25) is 9.69 Å². The standard InChI is InChI=1S/C22H15F3N2O2/c23-22(24,25)14-7-4-5-8-15(13-14)26-20-19-17(11-6-12-18(19)28)27(21(20)29)16-9-2-1-3-10-16/h1-4,6-13,28H,5H2. The second kappa shape index (κ2) is 7.09. The van der Waals surface area contributed by atoms with Crippen molar-refractivity contribution in [3.63, 3.8) is 0 Å². The third-order valence-corrected chi connectivity index (χ3v) is 4.55. The normalized spacial score (nSPS) is 17.8. The third kappa shape index (κ3) is 3.47. The Labute approximate surface area is 164 Å². The van der Waals surface area contributed by atoms with E-state index in [-0.39, 0.29) is 29.1 Å². The van der Waals surface area contributed by atoms with Crippen molar-refractivity contribution in [3.8, 4) is 5.75 Å². The van der Waals surface area contributed by atoms with Crippen LogP contribution in [0.25, 0.3) is 0 Å². The van der Waals surface area contributed by atoms with Gasteiger partial charge in [0, 0.05) is 5.69 Å². The number of amides is 1. The van der Waals surface area contributed by atoms with Gasteiger partial charge in [-0.1, -0.05) is 42.5 Å². The van der Waals surface area contributed by atoms with E-state index in [1.165, 1.54) is 23.1 Å². The number of carbonyl (C=O) groups is 1. The lowest BCUT2D eigenvalue weighted by Crippen LogP contribution is -2.25. The number of carbonyl (C=O) groups excluding carboxylic acids is 1. The third-order valence-electron chi connectivity index (χ3n) is 4.55. The minimum Gasteiger partial charge on any atom is -0.507 e. The Morgan fingerprint density at radius 1 is 1.03 bits per heavy atom. The molecule has 1 amide bonds. The van der Waals surface area contributed by atoms with Crippen molar-refractivity contribution in [2.24, 2.45) is 4.99 Å². The number of alkyl halides is 3. The van der Waals surface area contributed by atoms with E-state index < -0.39 is 17.7 Å². The molecule has 4 rings (SSSR count). The van der Waals surface area contributed by atoms with Crippen molar-refractivity contribution in [2.45, 2.75) is 12.6 Å². The highest BCUT2D eigenvalue weighted by Gasteiger charge is 2.37. The van der Waals surface area contributed by atoms with Gasteiger partial charge >= 0.3 is 6.18 Å². The fraction of sp³-hybridized carbons (Fsp3) is 0.0909. The van der Waals surface area contributed by atoms with E-state index in [2.05, 4.69) is 4.99 Å². The zero-order valence-corrected chi connectivity index (χ0v) is 15.0. The van der Waals surface area contributed by atoms with Crippen molar-refractivity contribution in [3.05, 3.63) is 89.7 Å². The van der Waals surface area contributed by atoms with E-state index in [0.29, 0.717) is 11.4 Å². The number of phenols is 1. The number of rotatable bonds is 2. The SMILES string of the molecule is O=C1C(=NC2=CCC=CC(C(F)(F)F)=C2)c2c(O)cccc2N1c1ccccc1. The largest absolute Gasteiger partial charge is 0.507 e. The smallest absolute Gasteiger partial charge is 0.416 e. The van der Waals surface area contributed by atoms with E-state index in [4.69, 9.17) is 0 Å². The second-order valence-corrected chi connectivity index (χ2v) is 6.47. The molecule has 1 N–H and O–H groups in total. The molecule has 0 spiro atoms. The van der Waals surface area contributed by atoms with Crippen molar-refractivity contribution < 1.29 is 23.1 Å². The van der Waals surface area contributed by atoms with Crippen LogP contribution in [0.4, 0.5) is 24.5 Å². The van der Waals surface area contributed by atoms with Crippen LogP contribution in [-0.2, 0) is 4.79 Å². The van der Waals surface area contributed by atoms with Crippen LogP contribution in [0, 0.1) is 0 Å².